The second kappa shape index (κ2) is 20.4. The van der Waals surface area contributed by atoms with E-state index in [1.807, 2.05) is 6.92 Å². The molecule has 5 N–H and O–H groups in total. The highest BCUT2D eigenvalue weighted by atomic mass is 16.7. The van der Waals surface area contributed by atoms with E-state index in [0.717, 1.165) is 22.9 Å². The van der Waals surface area contributed by atoms with Crippen molar-refractivity contribution in [1.29, 1.82) is 0 Å². The van der Waals surface area contributed by atoms with Gasteiger partial charge in [0.25, 0.3) is 11.5 Å². The number of primary amides is 1. The number of ether oxygens (including phenoxy) is 7. The zero-order chi connectivity index (χ0) is 46.2. The van der Waals surface area contributed by atoms with Crippen LogP contribution in [0.2, 0.25) is 0 Å². The van der Waals surface area contributed by atoms with Gasteiger partial charge >= 0.3 is 23.6 Å². The fourth-order valence-corrected chi connectivity index (χ4v) is 7.53. The minimum Gasteiger partial charge on any atom is -0.455 e. The topological polar surface area (TPSA) is 272 Å². The van der Waals surface area contributed by atoms with Crippen molar-refractivity contribution in [2.45, 2.75) is 87.4 Å². The first-order valence-electron chi connectivity index (χ1n) is 20.5. The van der Waals surface area contributed by atoms with Crippen LogP contribution in [0, 0.1) is 0 Å². The van der Waals surface area contributed by atoms with Crippen LogP contribution in [0.15, 0.2) is 125 Å². The van der Waals surface area contributed by atoms with Crippen molar-refractivity contribution in [3.8, 4) is 0 Å². The minimum absolute atomic E-state index is 0.0443. The Morgan fingerprint density at radius 2 is 1.34 bits per heavy atom. The molecule has 10 atom stereocenters. The third-order valence-corrected chi connectivity index (χ3v) is 10.8. The Morgan fingerprint density at radius 3 is 1.89 bits per heavy atom. The number of methoxy groups -OCH3 is 1. The fraction of sp³-hybridized carbons (Fsp3) is 0.333. The van der Waals surface area contributed by atoms with Crippen LogP contribution in [0.3, 0.4) is 0 Å². The summed E-state index contributed by atoms with van der Waals surface area (Å²) in [4.78, 5) is 109. The maximum atomic E-state index is 14.1. The summed E-state index contributed by atoms with van der Waals surface area (Å²) in [5.74, 6) is -6.01. The number of hydrogen-bond donors (Lipinski definition) is 4. The van der Waals surface area contributed by atoms with Gasteiger partial charge in [0.05, 0.1) is 16.7 Å². The van der Waals surface area contributed by atoms with Crippen molar-refractivity contribution in [3.05, 3.63) is 153 Å². The summed E-state index contributed by atoms with van der Waals surface area (Å²) in [6.07, 6.45) is -10.2. The van der Waals surface area contributed by atoms with Gasteiger partial charge in [-0.25, -0.2) is 19.2 Å². The van der Waals surface area contributed by atoms with Crippen molar-refractivity contribution >= 4 is 35.6 Å². The highest BCUT2D eigenvalue weighted by molar-refractivity contribution is 5.96. The Balaban J connectivity index is 1.28. The second-order valence-electron chi connectivity index (χ2n) is 15.3. The molecule has 0 radical (unpaired) electrons. The van der Waals surface area contributed by atoms with Crippen LogP contribution in [0.25, 0.3) is 0 Å². The van der Waals surface area contributed by atoms with Crippen LogP contribution in [-0.2, 0) is 47.5 Å². The molecule has 7 rings (SSSR count). The van der Waals surface area contributed by atoms with E-state index in [1.165, 1.54) is 43.5 Å². The van der Waals surface area contributed by atoms with Gasteiger partial charge in [-0.1, -0.05) is 54.6 Å². The monoisotopic (exact) mass is 895 g/mol. The van der Waals surface area contributed by atoms with Gasteiger partial charge in [-0.2, -0.15) is 0 Å². The molecule has 3 amide bonds. The van der Waals surface area contributed by atoms with Crippen LogP contribution in [0.5, 0.6) is 0 Å². The van der Waals surface area contributed by atoms with E-state index in [0.29, 0.717) is 12.8 Å². The molecule has 20 nitrogen and oxygen atoms in total. The van der Waals surface area contributed by atoms with Gasteiger partial charge in [-0.3, -0.25) is 28.7 Å². The van der Waals surface area contributed by atoms with Crippen molar-refractivity contribution in [2.24, 2.45) is 5.73 Å². The fourth-order valence-electron chi connectivity index (χ4n) is 7.53. The molecule has 0 unspecified atom stereocenters. The van der Waals surface area contributed by atoms with Gasteiger partial charge in [-0.05, 0) is 62.6 Å². The first-order chi connectivity index (χ1) is 31.3. The lowest BCUT2D eigenvalue weighted by molar-refractivity contribution is -0.241. The Hall–Kier alpha value is -7.42. The third-order valence-electron chi connectivity index (χ3n) is 10.8. The molecule has 2 fully saturated rings. The number of carbonyl (C=O) groups excluding carboxylic acids is 6. The average Bonchev–Trinajstić information content (AvgIpc) is 3.56. The second-order valence-corrected chi connectivity index (χ2v) is 15.3. The standard InChI is InChI=1S/C45H45N5O15/c1-24-13-12-20-28(38(53)47-24)48-39(54)30-23-29(60-41(55)25-14-6-3-7-15-25)32(63-42(56)26-16-8-4-9-17-26)44(61-30)65-35(37(46)52)34-33(59-2)36(64-43(57)27-18-10-5-11-19-27)40(62-34)50-22-21-31(51)49-45(50)58/h3-11,14-19,21-24,28-29,32-36,40,44H,12-13,20H2,1-2H3,(H2,46,52)(H,47,53)(H,48,54)(H,49,51,58)/t24-,28+,29+,32+,33-,34+,35-,36-,40-,44-/m1/s1. The summed E-state index contributed by atoms with van der Waals surface area (Å²) in [5.41, 5.74) is 4.48. The van der Waals surface area contributed by atoms with E-state index < -0.39 is 108 Å². The largest absolute Gasteiger partial charge is 0.455 e. The lowest BCUT2D eigenvalue weighted by Crippen LogP contribution is -2.56. The summed E-state index contributed by atoms with van der Waals surface area (Å²) in [6.45, 7) is 1.83. The van der Waals surface area contributed by atoms with Gasteiger partial charge in [0.2, 0.25) is 24.2 Å². The molecule has 340 valence electrons. The molecule has 0 aliphatic carbocycles. The molecule has 3 aromatic carbocycles. The van der Waals surface area contributed by atoms with Crippen molar-refractivity contribution in [1.82, 2.24) is 20.2 Å². The normalized spacial score (nSPS) is 25.6. The summed E-state index contributed by atoms with van der Waals surface area (Å²) in [6, 6.07) is 23.0. The zero-order valence-corrected chi connectivity index (χ0v) is 34.9. The highest BCUT2D eigenvalue weighted by Crippen LogP contribution is 2.37. The molecular weight excluding hydrogens is 851 g/mol. The molecule has 20 heteroatoms. The first kappa shape index (κ1) is 45.6. The lowest BCUT2D eigenvalue weighted by Gasteiger charge is -2.38. The van der Waals surface area contributed by atoms with Crippen LogP contribution in [0.1, 0.15) is 63.5 Å². The summed E-state index contributed by atoms with van der Waals surface area (Å²) in [7, 11) is 1.19. The van der Waals surface area contributed by atoms with Crippen LogP contribution < -0.4 is 27.6 Å². The highest BCUT2D eigenvalue weighted by Gasteiger charge is 2.55. The van der Waals surface area contributed by atoms with Gasteiger partial charge in [0.15, 0.2) is 30.3 Å². The van der Waals surface area contributed by atoms with Crippen LogP contribution in [0.4, 0.5) is 0 Å². The Morgan fingerprint density at radius 1 is 0.769 bits per heavy atom. The quantitative estimate of drug-likeness (QED) is 0.103. The van der Waals surface area contributed by atoms with E-state index in [4.69, 9.17) is 38.9 Å². The number of H-pyrrole nitrogens is 1. The minimum atomic E-state index is -2.04. The number of hydrogen-bond acceptors (Lipinski definition) is 15. The van der Waals surface area contributed by atoms with E-state index in [-0.39, 0.29) is 29.2 Å². The molecule has 4 heterocycles. The predicted molar refractivity (Wildman–Crippen MR) is 223 cm³/mol. The number of benzene rings is 3. The molecule has 1 aromatic heterocycles. The first-order valence-corrected chi connectivity index (χ1v) is 20.5. The number of aromatic amines is 1. The van der Waals surface area contributed by atoms with E-state index in [1.54, 1.807) is 54.6 Å². The number of nitrogens with zero attached hydrogens (tertiary/aromatic N) is 1. The average molecular weight is 896 g/mol. The Kier molecular flexibility index (Phi) is 14.3. The Bertz CT molecular complexity index is 2530. The molecular formula is C45H45N5O15. The molecule has 4 aromatic rings. The summed E-state index contributed by atoms with van der Waals surface area (Å²) in [5, 5.41) is 5.45. The predicted octanol–water partition coefficient (Wildman–Crippen LogP) is 1.41. The number of amides is 3. The molecule has 0 spiro atoms. The van der Waals surface area contributed by atoms with Gasteiger partial charge in [0.1, 0.15) is 18.2 Å². The van der Waals surface area contributed by atoms with Crippen LogP contribution >= 0.6 is 0 Å². The number of nitrogens with two attached hydrogens (primary N) is 1. The van der Waals surface area contributed by atoms with Crippen molar-refractivity contribution < 1.29 is 61.9 Å². The van der Waals surface area contributed by atoms with E-state index in [9.17, 15) is 38.4 Å². The van der Waals surface area contributed by atoms with Crippen LogP contribution in [-0.4, -0.2) is 107 Å². The maximum Gasteiger partial charge on any atom is 0.338 e. The third kappa shape index (κ3) is 10.7. The molecule has 3 aliphatic heterocycles. The molecule has 2 saturated heterocycles. The van der Waals surface area contributed by atoms with Gasteiger partial charge in [0, 0.05) is 31.5 Å². The number of rotatable bonds is 14. The molecule has 65 heavy (non-hydrogen) atoms. The molecule has 3 aliphatic rings. The van der Waals surface area contributed by atoms with Crippen molar-refractivity contribution in [2.75, 3.05) is 7.11 Å². The SMILES string of the molecule is CO[C@H]1[C@@H](OC(=O)c2ccccc2)[C@H](n2ccc(=O)[nH]c2=O)O[C@@H]1[C@@H](O[C@H]1OC(C(=O)N[C@H]2CCC[C@@H](C)NC2=O)=C[C@H](OC(=O)c2ccccc2)[C@@H]1OC(=O)c1ccccc1)C(N)=O. The number of esters is 3. The number of carbonyl (C=O) groups is 6. The summed E-state index contributed by atoms with van der Waals surface area (Å²) < 4.78 is 43.0. The molecule has 0 bridgehead atoms. The maximum absolute atomic E-state index is 14.1. The number of nitrogens with one attached hydrogen (secondary N) is 3. The smallest absolute Gasteiger partial charge is 0.338 e. The summed E-state index contributed by atoms with van der Waals surface area (Å²) >= 11 is 0. The molecule has 0 saturated carbocycles. The van der Waals surface area contributed by atoms with E-state index in [2.05, 4.69) is 15.6 Å². The van der Waals surface area contributed by atoms with Gasteiger partial charge < -0.3 is 49.5 Å². The van der Waals surface area contributed by atoms with E-state index >= 15 is 0 Å². The zero-order valence-electron chi connectivity index (χ0n) is 34.9. The number of aromatic nitrogens is 2. The lowest BCUT2D eigenvalue weighted by atomic mass is 10.0. The Labute approximate surface area is 369 Å². The van der Waals surface area contributed by atoms with Crippen molar-refractivity contribution in [3.63, 3.8) is 0 Å². The van der Waals surface area contributed by atoms with Gasteiger partial charge in [-0.15, -0.1) is 0 Å².